The number of carbonyl (C=O) groups is 1. The summed E-state index contributed by atoms with van der Waals surface area (Å²) in [6.45, 7) is -0.0468. The molecule has 0 spiro atoms. The number of halogens is 1. The summed E-state index contributed by atoms with van der Waals surface area (Å²) in [6, 6.07) is 19.8. The van der Waals surface area contributed by atoms with Crippen LogP contribution in [0.2, 0.25) is 5.02 Å². The van der Waals surface area contributed by atoms with Gasteiger partial charge in [0.25, 0.3) is 0 Å². The van der Waals surface area contributed by atoms with Gasteiger partial charge in [0.05, 0.1) is 6.42 Å². The molecule has 0 aliphatic carbocycles. The minimum atomic E-state index is -0.496. The number of hydrogen-bond donors (Lipinski definition) is 0. The highest BCUT2D eigenvalue weighted by Gasteiger charge is 2.14. The Bertz CT molecular complexity index is 1520. The highest BCUT2D eigenvalue weighted by Crippen LogP contribution is 2.28. The van der Waals surface area contributed by atoms with Crippen LogP contribution in [0.1, 0.15) is 17.9 Å². The van der Waals surface area contributed by atoms with Gasteiger partial charge in [-0.15, -0.1) is 0 Å². The Labute approximate surface area is 192 Å². The largest absolute Gasteiger partial charge is 0.461 e. The van der Waals surface area contributed by atoms with E-state index >= 15 is 0 Å². The fourth-order valence-electron chi connectivity index (χ4n) is 3.65. The molecule has 0 amide bonds. The molecule has 5 aromatic rings. The number of benzene rings is 3. The standard InChI is InChI=1S/C25H17ClN2O5/c26-18-8-5-16(6-9-18)25-27-21(33-28-25)11-12-22(29)31-14-17-13-23(30)32-20-10-7-15-3-1-2-4-19(15)24(17)20/h1-10,13H,11-12,14H2. The summed E-state index contributed by atoms with van der Waals surface area (Å²) in [7, 11) is 0. The lowest BCUT2D eigenvalue weighted by molar-refractivity contribution is -0.145. The summed E-state index contributed by atoms with van der Waals surface area (Å²) < 4.78 is 16.0. The third-order valence-electron chi connectivity index (χ3n) is 5.22. The van der Waals surface area contributed by atoms with Crippen LogP contribution in [0, 0.1) is 0 Å². The van der Waals surface area contributed by atoms with Gasteiger partial charge < -0.3 is 13.7 Å². The Morgan fingerprint density at radius 1 is 1.03 bits per heavy atom. The molecule has 5 rings (SSSR count). The number of carbonyl (C=O) groups excluding carboxylic acids is 1. The molecule has 0 saturated carbocycles. The number of aryl methyl sites for hydroxylation is 1. The zero-order valence-corrected chi connectivity index (χ0v) is 18.0. The van der Waals surface area contributed by atoms with Crippen molar-refractivity contribution in [2.75, 3.05) is 0 Å². The van der Waals surface area contributed by atoms with Crippen molar-refractivity contribution in [2.45, 2.75) is 19.4 Å². The van der Waals surface area contributed by atoms with Crippen molar-refractivity contribution in [1.29, 1.82) is 0 Å². The van der Waals surface area contributed by atoms with Crippen molar-refractivity contribution in [2.24, 2.45) is 0 Å². The SMILES string of the molecule is O=C(CCc1nc(-c2ccc(Cl)cc2)no1)OCc1cc(=O)oc2ccc3ccccc3c12. The lowest BCUT2D eigenvalue weighted by Crippen LogP contribution is -2.08. The van der Waals surface area contributed by atoms with Crippen LogP contribution in [0.25, 0.3) is 33.1 Å². The molecule has 0 aliphatic heterocycles. The van der Waals surface area contributed by atoms with Crippen molar-refractivity contribution in [3.8, 4) is 11.4 Å². The third-order valence-corrected chi connectivity index (χ3v) is 5.47. The molecule has 2 aromatic heterocycles. The second kappa shape index (κ2) is 8.88. The fraction of sp³-hybridized carbons (Fsp3) is 0.120. The summed E-state index contributed by atoms with van der Waals surface area (Å²) in [6.07, 6.45) is 0.294. The number of ether oxygens (including phenoxy) is 1. The smallest absolute Gasteiger partial charge is 0.336 e. The van der Waals surface area contributed by atoms with E-state index in [-0.39, 0.29) is 19.4 Å². The molecule has 164 valence electrons. The lowest BCUT2D eigenvalue weighted by Gasteiger charge is -2.09. The molecule has 7 nitrogen and oxygen atoms in total. The average molecular weight is 461 g/mol. The first-order chi connectivity index (χ1) is 16.1. The Balaban J connectivity index is 1.28. The summed E-state index contributed by atoms with van der Waals surface area (Å²) >= 11 is 5.89. The lowest BCUT2D eigenvalue weighted by atomic mass is 10.0. The van der Waals surface area contributed by atoms with Gasteiger partial charge in [0.1, 0.15) is 12.2 Å². The van der Waals surface area contributed by atoms with Crippen molar-refractivity contribution < 1.29 is 18.5 Å². The van der Waals surface area contributed by atoms with Gasteiger partial charge in [0.2, 0.25) is 11.7 Å². The molecule has 0 N–H and O–H groups in total. The van der Waals surface area contributed by atoms with Gasteiger partial charge >= 0.3 is 11.6 Å². The van der Waals surface area contributed by atoms with Gasteiger partial charge in [-0.3, -0.25) is 4.79 Å². The molecule has 0 radical (unpaired) electrons. The van der Waals surface area contributed by atoms with Crippen molar-refractivity contribution >= 4 is 39.3 Å². The number of rotatable bonds is 6. The average Bonchev–Trinajstić information content (AvgIpc) is 3.30. The van der Waals surface area contributed by atoms with Gasteiger partial charge in [0, 0.05) is 34.0 Å². The summed E-state index contributed by atoms with van der Waals surface area (Å²) in [5.74, 6) is 0.306. The van der Waals surface area contributed by atoms with Crippen molar-refractivity contribution in [1.82, 2.24) is 10.1 Å². The van der Waals surface area contributed by atoms with E-state index in [9.17, 15) is 9.59 Å². The fourth-order valence-corrected chi connectivity index (χ4v) is 3.77. The van der Waals surface area contributed by atoms with Crippen LogP contribution in [0.4, 0.5) is 0 Å². The molecule has 3 aromatic carbocycles. The van der Waals surface area contributed by atoms with E-state index in [4.69, 9.17) is 25.3 Å². The molecule has 0 aliphatic rings. The van der Waals surface area contributed by atoms with Crippen molar-refractivity contribution in [3.05, 3.63) is 93.6 Å². The first kappa shape index (κ1) is 20.9. The van der Waals surface area contributed by atoms with Gasteiger partial charge in [0.15, 0.2) is 0 Å². The predicted octanol–water partition coefficient (Wildman–Crippen LogP) is 5.33. The topological polar surface area (TPSA) is 95.4 Å². The second-order valence-corrected chi connectivity index (χ2v) is 7.87. The summed E-state index contributed by atoms with van der Waals surface area (Å²) in [4.78, 5) is 28.7. The van der Waals surface area contributed by atoms with E-state index in [1.54, 1.807) is 30.3 Å². The molecule has 33 heavy (non-hydrogen) atoms. The van der Waals surface area contributed by atoms with Crippen LogP contribution in [0.3, 0.4) is 0 Å². The first-order valence-corrected chi connectivity index (χ1v) is 10.6. The molecular formula is C25H17ClN2O5. The molecule has 8 heteroatoms. The van der Waals surface area contributed by atoms with Crippen LogP contribution >= 0.6 is 11.6 Å². The minimum Gasteiger partial charge on any atom is -0.461 e. The van der Waals surface area contributed by atoms with Gasteiger partial charge in [-0.25, -0.2) is 4.79 Å². The quantitative estimate of drug-likeness (QED) is 0.192. The van der Waals surface area contributed by atoms with E-state index in [2.05, 4.69) is 10.1 Å². The monoisotopic (exact) mass is 460 g/mol. The predicted molar refractivity (Wildman–Crippen MR) is 123 cm³/mol. The van der Waals surface area contributed by atoms with E-state index in [1.807, 2.05) is 30.3 Å². The maximum atomic E-state index is 12.4. The molecule has 0 saturated heterocycles. The summed E-state index contributed by atoms with van der Waals surface area (Å²) in [5, 5.41) is 7.22. The van der Waals surface area contributed by atoms with Gasteiger partial charge in [-0.1, -0.05) is 47.1 Å². The van der Waals surface area contributed by atoms with Gasteiger partial charge in [-0.05, 0) is 41.1 Å². The van der Waals surface area contributed by atoms with Crippen LogP contribution in [-0.2, 0) is 22.6 Å². The molecule has 0 bridgehead atoms. The number of aromatic nitrogens is 2. The Morgan fingerprint density at radius 3 is 2.70 bits per heavy atom. The van der Waals surface area contributed by atoms with E-state index in [1.165, 1.54) is 6.07 Å². The maximum Gasteiger partial charge on any atom is 0.336 e. The maximum absolute atomic E-state index is 12.4. The highest BCUT2D eigenvalue weighted by molar-refractivity contribution is 6.30. The minimum absolute atomic E-state index is 0.0468. The summed E-state index contributed by atoms with van der Waals surface area (Å²) in [5.41, 5.74) is 1.31. The third kappa shape index (κ3) is 4.49. The zero-order valence-electron chi connectivity index (χ0n) is 17.3. The number of hydrogen-bond acceptors (Lipinski definition) is 7. The molecule has 0 atom stereocenters. The number of esters is 1. The van der Waals surface area contributed by atoms with Crippen LogP contribution in [-0.4, -0.2) is 16.1 Å². The van der Waals surface area contributed by atoms with Crippen LogP contribution in [0.15, 0.2) is 80.5 Å². The Morgan fingerprint density at radius 2 is 1.85 bits per heavy atom. The Hall–Kier alpha value is -3.97. The second-order valence-electron chi connectivity index (χ2n) is 7.43. The molecule has 2 heterocycles. The Kier molecular flexibility index (Phi) is 5.62. The van der Waals surface area contributed by atoms with E-state index < -0.39 is 11.6 Å². The number of nitrogens with zero attached hydrogens (tertiary/aromatic N) is 2. The normalized spacial score (nSPS) is 11.2. The highest BCUT2D eigenvalue weighted by atomic mass is 35.5. The van der Waals surface area contributed by atoms with E-state index in [0.717, 1.165) is 21.7 Å². The zero-order chi connectivity index (χ0) is 22.8. The number of fused-ring (bicyclic) bond motifs is 3. The van der Waals surface area contributed by atoms with Crippen LogP contribution in [0.5, 0.6) is 0 Å². The first-order valence-electron chi connectivity index (χ1n) is 10.3. The molecule has 0 fully saturated rings. The van der Waals surface area contributed by atoms with Gasteiger partial charge in [-0.2, -0.15) is 4.98 Å². The molecular weight excluding hydrogens is 444 g/mol. The van der Waals surface area contributed by atoms with E-state index in [0.29, 0.717) is 27.9 Å². The van der Waals surface area contributed by atoms with Crippen molar-refractivity contribution in [3.63, 3.8) is 0 Å². The molecule has 0 unspecified atom stereocenters. The van der Waals surface area contributed by atoms with Crippen LogP contribution < -0.4 is 5.63 Å².